The average molecular weight is 411 g/mol. The van der Waals surface area contributed by atoms with E-state index in [4.69, 9.17) is 11.6 Å². The summed E-state index contributed by atoms with van der Waals surface area (Å²) < 4.78 is 32.2. The number of sulfonamides is 1. The Morgan fingerprint density at radius 2 is 2.10 bits per heavy atom. The molecule has 21 heavy (non-hydrogen) atoms. The summed E-state index contributed by atoms with van der Waals surface area (Å²) in [7, 11) is -2.61. The van der Waals surface area contributed by atoms with Crippen LogP contribution < -0.4 is 4.72 Å². The van der Waals surface area contributed by atoms with Crippen LogP contribution in [0.1, 0.15) is 10.4 Å². The first kappa shape index (κ1) is 16.3. The fourth-order valence-electron chi connectivity index (χ4n) is 1.55. The zero-order valence-corrected chi connectivity index (χ0v) is 14.6. The number of carbonyl (C=O) groups is 1. The van der Waals surface area contributed by atoms with Gasteiger partial charge in [-0.3, -0.25) is 4.72 Å². The van der Waals surface area contributed by atoms with Crippen LogP contribution in [0.4, 0.5) is 5.69 Å². The Bertz CT molecular complexity index is 788. The number of nitrogens with one attached hydrogen (secondary N) is 1. The van der Waals surface area contributed by atoms with Crippen LogP contribution in [0.3, 0.4) is 0 Å². The van der Waals surface area contributed by atoms with Gasteiger partial charge in [0.25, 0.3) is 10.0 Å². The monoisotopic (exact) mass is 409 g/mol. The molecule has 0 aliphatic heterocycles. The van der Waals surface area contributed by atoms with E-state index < -0.39 is 16.0 Å². The van der Waals surface area contributed by atoms with Crippen molar-refractivity contribution in [2.75, 3.05) is 11.8 Å². The van der Waals surface area contributed by atoms with Gasteiger partial charge in [-0.15, -0.1) is 11.3 Å². The van der Waals surface area contributed by atoms with Crippen molar-refractivity contribution >= 4 is 60.5 Å². The number of thiophene rings is 1. The number of anilines is 1. The minimum Gasteiger partial charge on any atom is -0.465 e. The molecule has 2 aromatic rings. The van der Waals surface area contributed by atoms with Crippen molar-refractivity contribution in [2.24, 2.45) is 0 Å². The average Bonchev–Trinajstić information content (AvgIpc) is 2.85. The normalized spacial score (nSPS) is 11.2. The Morgan fingerprint density at radius 3 is 2.67 bits per heavy atom. The molecule has 2 rings (SSSR count). The quantitative estimate of drug-likeness (QED) is 0.779. The first-order chi connectivity index (χ1) is 9.85. The topological polar surface area (TPSA) is 72.5 Å². The summed E-state index contributed by atoms with van der Waals surface area (Å²) in [5, 5.41) is 1.93. The summed E-state index contributed by atoms with van der Waals surface area (Å²) >= 11 is 10.1. The molecule has 0 saturated heterocycles. The van der Waals surface area contributed by atoms with Gasteiger partial charge in [-0.1, -0.05) is 11.6 Å². The van der Waals surface area contributed by atoms with Crippen LogP contribution >= 0.6 is 38.9 Å². The van der Waals surface area contributed by atoms with Gasteiger partial charge in [0, 0.05) is 9.50 Å². The molecule has 5 nitrogen and oxygen atoms in total. The molecule has 0 aliphatic rings. The maximum atomic E-state index is 12.3. The fourth-order valence-corrected chi connectivity index (χ4v) is 5.13. The molecule has 0 saturated carbocycles. The second-order valence-electron chi connectivity index (χ2n) is 3.84. The van der Waals surface area contributed by atoms with Gasteiger partial charge in [0.15, 0.2) is 4.21 Å². The van der Waals surface area contributed by atoms with Crippen molar-refractivity contribution in [3.05, 3.63) is 44.7 Å². The molecule has 0 unspecified atom stereocenters. The standard InChI is InChI=1S/C12H9BrClNO4S2/c1-19-11(16)8-3-2-7(14)6-10(8)15-21(17,18)12-9(13)4-5-20-12/h2-6,15H,1H3. The molecule has 1 aromatic carbocycles. The number of methoxy groups -OCH3 is 1. The van der Waals surface area contributed by atoms with Crippen LogP contribution in [0.5, 0.6) is 0 Å². The van der Waals surface area contributed by atoms with Gasteiger partial charge in [0.05, 0.1) is 18.4 Å². The van der Waals surface area contributed by atoms with E-state index in [-0.39, 0.29) is 15.5 Å². The number of halogens is 2. The summed E-state index contributed by atoms with van der Waals surface area (Å²) in [6, 6.07) is 5.85. The van der Waals surface area contributed by atoms with Crippen LogP contribution in [0.25, 0.3) is 0 Å². The zero-order chi connectivity index (χ0) is 15.6. The van der Waals surface area contributed by atoms with Gasteiger partial charge in [-0.2, -0.15) is 0 Å². The third kappa shape index (κ3) is 3.57. The second-order valence-corrected chi connectivity index (χ2v) is 7.93. The van der Waals surface area contributed by atoms with E-state index in [1.165, 1.54) is 25.3 Å². The van der Waals surface area contributed by atoms with Crippen molar-refractivity contribution in [3.63, 3.8) is 0 Å². The lowest BCUT2D eigenvalue weighted by atomic mass is 10.2. The molecule has 0 radical (unpaired) electrons. The van der Waals surface area contributed by atoms with E-state index in [9.17, 15) is 13.2 Å². The van der Waals surface area contributed by atoms with Crippen molar-refractivity contribution in [2.45, 2.75) is 4.21 Å². The molecular weight excluding hydrogens is 402 g/mol. The Hall–Kier alpha value is -1.09. The highest BCUT2D eigenvalue weighted by Gasteiger charge is 2.22. The van der Waals surface area contributed by atoms with Gasteiger partial charge >= 0.3 is 5.97 Å². The fraction of sp³-hybridized carbons (Fsp3) is 0.0833. The van der Waals surface area contributed by atoms with E-state index in [1.807, 2.05) is 0 Å². The second kappa shape index (κ2) is 6.35. The molecule has 9 heteroatoms. The lowest BCUT2D eigenvalue weighted by Crippen LogP contribution is -2.15. The Morgan fingerprint density at radius 1 is 1.38 bits per heavy atom. The van der Waals surface area contributed by atoms with Gasteiger partial charge in [-0.05, 0) is 45.6 Å². The van der Waals surface area contributed by atoms with Gasteiger partial charge in [0.2, 0.25) is 0 Å². The number of rotatable bonds is 4. The summed E-state index contributed by atoms with van der Waals surface area (Å²) in [6.07, 6.45) is 0. The highest BCUT2D eigenvalue weighted by Crippen LogP contribution is 2.31. The largest absolute Gasteiger partial charge is 0.465 e. The van der Waals surface area contributed by atoms with Crippen LogP contribution in [0, 0.1) is 0 Å². The molecule has 0 fully saturated rings. The molecule has 0 amide bonds. The Balaban J connectivity index is 2.46. The SMILES string of the molecule is COC(=O)c1ccc(Cl)cc1NS(=O)(=O)c1sccc1Br. The maximum absolute atomic E-state index is 12.3. The number of esters is 1. The predicted molar refractivity (Wildman–Crippen MR) is 85.6 cm³/mol. The number of hydrogen-bond donors (Lipinski definition) is 1. The number of benzene rings is 1. The van der Waals surface area contributed by atoms with Crippen molar-refractivity contribution in [3.8, 4) is 0 Å². The first-order valence-corrected chi connectivity index (χ1v) is 9.02. The molecule has 112 valence electrons. The van der Waals surface area contributed by atoms with E-state index in [0.717, 1.165) is 11.3 Å². The van der Waals surface area contributed by atoms with Crippen LogP contribution in [0.2, 0.25) is 5.02 Å². The van der Waals surface area contributed by atoms with E-state index in [0.29, 0.717) is 9.50 Å². The zero-order valence-electron chi connectivity index (χ0n) is 10.6. The first-order valence-electron chi connectivity index (χ1n) is 5.49. The van der Waals surface area contributed by atoms with Crippen LogP contribution in [-0.4, -0.2) is 21.5 Å². The summed E-state index contributed by atoms with van der Waals surface area (Å²) in [6.45, 7) is 0. The molecule has 1 N–H and O–H groups in total. The highest BCUT2D eigenvalue weighted by atomic mass is 79.9. The minimum atomic E-state index is -3.83. The Kier molecular flexibility index (Phi) is 4.92. The van der Waals surface area contributed by atoms with Crippen molar-refractivity contribution in [1.82, 2.24) is 0 Å². The number of hydrogen-bond acceptors (Lipinski definition) is 5. The van der Waals surface area contributed by atoms with Gasteiger partial charge < -0.3 is 4.74 Å². The molecule has 1 aromatic heterocycles. The smallest absolute Gasteiger partial charge is 0.339 e. The predicted octanol–water partition coefficient (Wildman–Crippen LogP) is 3.75. The molecule has 0 atom stereocenters. The van der Waals surface area contributed by atoms with Crippen LogP contribution in [0.15, 0.2) is 38.3 Å². The van der Waals surface area contributed by atoms with Crippen molar-refractivity contribution < 1.29 is 17.9 Å². The molecule has 0 spiro atoms. The maximum Gasteiger partial charge on any atom is 0.339 e. The highest BCUT2D eigenvalue weighted by molar-refractivity contribution is 9.10. The lowest BCUT2D eigenvalue weighted by molar-refractivity contribution is 0.0602. The molecular formula is C12H9BrClNO4S2. The summed E-state index contributed by atoms with van der Waals surface area (Å²) in [4.78, 5) is 11.7. The lowest BCUT2D eigenvalue weighted by Gasteiger charge is -2.11. The van der Waals surface area contributed by atoms with E-state index in [1.54, 1.807) is 11.4 Å². The van der Waals surface area contributed by atoms with Crippen LogP contribution in [-0.2, 0) is 14.8 Å². The van der Waals surface area contributed by atoms with Gasteiger partial charge in [-0.25, -0.2) is 13.2 Å². The van der Waals surface area contributed by atoms with E-state index in [2.05, 4.69) is 25.4 Å². The molecule has 0 bridgehead atoms. The summed E-state index contributed by atoms with van der Waals surface area (Å²) in [5.41, 5.74) is 0.146. The Labute approximate surface area is 139 Å². The van der Waals surface area contributed by atoms with Gasteiger partial charge in [0.1, 0.15) is 0 Å². The van der Waals surface area contributed by atoms with Crippen molar-refractivity contribution in [1.29, 1.82) is 0 Å². The van der Waals surface area contributed by atoms with E-state index >= 15 is 0 Å². The molecule has 1 heterocycles. The minimum absolute atomic E-state index is 0.0645. The molecule has 0 aliphatic carbocycles. The third-order valence-electron chi connectivity index (χ3n) is 2.46. The third-order valence-corrected chi connectivity index (χ3v) is 6.73. The number of ether oxygens (including phenoxy) is 1. The summed E-state index contributed by atoms with van der Waals surface area (Å²) in [5.74, 6) is -0.658. The number of carbonyl (C=O) groups excluding carboxylic acids is 1.